The molecule has 0 radical (unpaired) electrons. The summed E-state index contributed by atoms with van der Waals surface area (Å²) in [5.41, 5.74) is 0. The van der Waals surface area contributed by atoms with Gasteiger partial charge in [0.1, 0.15) is 5.75 Å². The predicted molar refractivity (Wildman–Crippen MR) is 136 cm³/mol. The van der Waals surface area contributed by atoms with Gasteiger partial charge in [-0.05, 0) is 84.6 Å². The van der Waals surface area contributed by atoms with Crippen LogP contribution in [0, 0.1) is 0 Å². The van der Waals surface area contributed by atoms with Crippen molar-refractivity contribution in [2.24, 2.45) is 0 Å². The van der Waals surface area contributed by atoms with Gasteiger partial charge in [0.25, 0.3) is 0 Å². The Balaban J connectivity index is 1.94. The van der Waals surface area contributed by atoms with Gasteiger partial charge in [-0.25, -0.2) is 8.42 Å². The third-order valence-electron chi connectivity index (χ3n) is 5.08. The van der Waals surface area contributed by atoms with Crippen molar-refractivity contribution in [1.29, 1.82) is 0 Å². The molecule has 3 aromatic carbocycles. The van der Waals surface area contributed by atoms with Crippen molar-refractivity contribution in [3.63, 3.8) is 0 Å². The Kier molecular flexibility index (Phi) is 8.34. The third-order valence-corrected chi connectivity index (χ3v) is 9.42. The molecule has 0 amide bonds. The van der Waals surface area contributed by atoms with Gasteiger partial charge in [-0.15, -0.1) is 0 Å². The second-order valence-corrected chi connectivity index (χ2v) is 12.8. The molecule has 3 rings (SSSR count). The van der Waals surface area contributed by atoms with Gasteiger partial charge in [-0.2, -0.15) is 0 Å². The summed E-state index contributed by atoms with van der Waals surface area (Å²) >= 11 is 5.63. The number of hydrogen-bond acceptors (Lipinski definition) is 6. The van der Waals surface area contributed by atoms with Crippen LogP contribution in [0.2, 0.25) is 0 Å². The molecule has 0 fully saturated rings. The van der Waals surface area contributed by atoms with Gasteiger partial charge in [0.2, 0.25) is 0 Å². The van der Waals surface area contributed by atoms with Crippen molar-refractivity contribution in [2.75, 3.05) is 12.4 Å². The monoisotopic (exact) mass is 494 g/mol. The highest BCUT2D eigenvalue weighted by molar-refractivity contribution is 8.07. The largest absolute Gasteiger partial charge is 0.424 e. The van der Waals surface area contributed by atoms with E-state index in [0.29, 0.717) is 23.7 Å². The Morgan fingerprint density at radius 1 is 0.906 bits per heavy atom. The molecular weight excluding hydrogens is 463 g/mol. The highest BCUT2D eigenvalue weighted by Crippen LogP contribution is 2.51. The fourth-order valence-corrected chi connectivity index (χ4v) is 7.40. The SMILES string of the molecule is CCCC(C)OP(=S)(OCC)Oc1ccc2cc3cc(S(=O)(=O)CCC)ccc3cc2c1. The van der Waals surface area contributed by atoms with Gasteiger partial charge in [-0.1, -0.05) is 32.4 Å². The van der Waals surface area contributed by atoms with Gasteiger partial charge in [-0.3, -0.25) is 9.05 Å². The summed E-state index contributed by atoms with van der Waals surface area (Å²) in [5, 5.41) is 3.81. The molecule has 0 spiro atoms. The summed E-state index contributed by atoms with van der Waals surface area (Å²) in [4.78, 5) is 0.363. The van der Waals surface area contributed by atoms with Crippen LogP contribution in [0.25, 0.3) is 21.5 Å². The van der Waals surface area contributed by atoms with Crippen LogP contribution in [0.15, 0.2) is 53.4 Å². The first-order chi connectivity index (χ1) is 15.2. The van der Waals surface area contributed by atoms with Crippen LogP contribution in [0.5, 0.6) is 5.75 Å². The molecule has 174 valence electrons. The van der Waals surface area contributed by atoms with Gasteiger partial charge in [0.15, 0.2) is 9.84 Å². The van der Waals surface area contributed by atoms with E-state index in [1.807, 2.05) is 57.2 Å². The molecule has 0 bridgehead atoms. The summed E-state index contributed by atoms with van der Waals surface area (Å²) in [7, 11) is -3.26. The zero-order chi connectivity index (χ0) is 23.4. The van der Waals surface area contributed by atoms with Crippen molar-refractivity contribution >= 4 is 49.9 Å². The quantitative estimate of drug-likeness (QED) is 0.211. The van der Waals surface area contributed by atoms with Crippen molar-refractivity contribution in [3.05, 3.63) is 48.5 Å². The number of hydrogen-bond donors (Lipinski definition) is 0. The fourth-order valence-electron chi connectivity index (χ4n) is 3.64. The van der Waals surface area contributed by atoms with Crippen molar-refractivity contribution in [2.45, 2.75) is 58.0 Å². The maximum atomic E-state index is 12.4. The first-order valence-electron chi connectivity index (χ1n) is 11.0. The first-order valence-corrected chi connectivity index (χ1v) is 15.2. The number of sulfone groups is 1. The van der Waals surface area contributed by atoms with E-state index in [-0.39, 0.29) is 11.9 Å². The highest BCUT2D eigenvalue weighted by atomic mass is 32.5. The Labute approximate surface area is 196 Å². The smallest absolute Gasteiger partial charge is 0.380 e. The van der Waals surface area contributed by atoms with Crippen LogP contribution < -0.4 is 4.52 Å². The molecule has 0 aliphatic carbocycles. The van der Waals surface area contributed by atoms with Crippen LogP contribution in [-0.4, -0.2) is 26.9 Å². The average molecular weight is 495 g/mol. The minimum Gasteiger partial charge on any atom is -0.424 e. The summed E-state index contributed by atoms with van der Waals surface area (Å²) in [6.07, 6.45) is 2.43. The Morgan fingerprint density at radius 2 is 1.56 bits per heavy atom. The number of benzene rings is 3. The topological polar surface area (TPSA) is 61.8 Å². The van der Waals surface area contributed by atoms with Crippen LogP contribution in [0.4, 0.5) is 0 Å². The van der Waals surface area contributed by atoms with Gasteiger partial charge >= 0.3 is 6.72 Å². The molecule has 0 heterocycles. The Hall–Kier alpha value is -1.50. The van der Waals surface area contributed by atoms with Gasteiger partial charge < -0.3 is 4.52 Å². The zero-order valence-corrected chi connectivity index (χ0v) is 21.6. The molecular formula is C24H31O5PS2. The number of fused-ring (bicyclic) bond motifs is 2. The van der Waals surface area contributed by atoms with E-state index < -0.39 is 16.6 Å². The van der Waals surface area contributed by atoms with E-state index >= 15 is 0 Å². The van der Waals surface area contributed by atoms with Crippen LogP contribution in [-0.2, 0) is 30.7 Å². The zero-order valence-electron chi connectivity index (χ0n) is 19.0. The van der Waals surface area contributed by atoms with Crippen molar-refractivity contribution in [3.8, 4) is 5.75 Å². The van der Waals surface area contributed by atoms with E-state index in [4.69, 9.17) is 25.4 Å². The molecule has 0 aliphatic rings. The van der Waals surface area contributed by atoms with Crippen LogP contribution in [0.1, 0.15) is 47.0 Å². The van der Waals surface area contributed by atoms with Gasteiger partial charge in [0.05, 0.1) is 23.4 Å². The molecule has 0 aliphatic heterocycles. The van der Waals surface area contributed by atoms with Crippen LogP contribution >= 0.6 is 6.72 Å². The molecule has 3 aromatic rings. The third kappa shape index (κ3) is 6.09. The highest BCUT2D eigenvalue weighted by Gasteiger charge is 2.25. The van der Waals surface area contributed by atoms with Gasteiger partial charge in [0, 0.05) is 11.8 Å². The lowest BCUT2D eigenvalue weighted by Gasteiger charge is -2.25. The summed E-state index contributed by atoms with van der Waals surface area (Å²) in [6, 6.07) is 15.0. The van der Waals surface area contributed by atoms with E-state index in [1.165, 1.54) is 0 Å². The molecule has 2 atom stereocenters. The molecule has 32 heavy (non-hydrogen) atoms. The Bertz CT molecular complexity index is 1240. The lowest BCUT2D eigenvalue weighted by molar-refractivity contribution is 0.153. The molecule has 5 nitrogen and oxygen atoms in total. The predicted octanol–water partition coefficient (Wildman–Crippen LogP) is 7.02. The lowest BCUT2D eigenvalue weighted by atomic mass is 10.0. The molecule has 0 saturated heterocycles. The summed E-state index contributed by atoms with van der Waals surface area (Å²) in [6.45, 7) is 5.32. The molecule has 0 aromatic heterocycles. The maximum Gasteiger partial charge on any atom is 0.380 e. The molecule has 2 unspecified atom stereocenters. The second-order valence-electron chi connectivity index (χ2n) is 7.85. The van der Waals surface area contributed by atoms with E-state index in [1.54, 1.807) is 12.1 Å². The lowest BCUT2D eigenvalue weighted by Crippen LogP contribution is -2.10. The van der Waals surface area contributed by atoms with E-state index in [0.717, 1.165) is 34.4 Å². The van der Waals surface area contributed by atoms with E-state index in [2.05, 4.69) is 6.92 Å². The first kappa shape index (κ1) is 25.1. The minimum absolute atomic E-state index is 0.0417. The summed E-state index contributed by atoms with van der Waals surface area (Å²) < 4.78 is 42.7. The molecule has 0 N–H and O–H groups in total. The van der Waals surface area contributed by atoms with Crippen molar-refractivity contribution < 1.29 is 22.0 Å². The molecule has 0 saturated carbocycles. The standard InChI is InChI=1S/C24H31O5PS2/c1-5-8-18(4)28-30(31,27-7-3)29-23-11-9-19-15-22-17-24(32(25,26)13-6-2)12-10-20(22)14-21(19)16-23/h9-12,14-18H,5-8,13H2,1-4H3. The average Bonchev–Trinajstić information content (AvgIpc) is 2.71. The molecule has 8 heteroatoms. The number of rotatable bonds is 11. The summed E-state index contributed by atoms with van der Waals surface area (Å²) in [5.74, 6) is 0.747. The van der Waals surface area contributed by atoms with Crippen LogP contribution in [0.3, 0.4) is 0 Å². The maximum absolute atomic E-state index is 12.4. The minimum atomic E-state index is -3.26. The van der Waals surface area contributed by atoms with Crippen molar-refractivity contribution in [1.82, 2.24) is 0 Å². The normalized spacial score (nSPS) is 15.0. The fraction of sp³-hybridized carbons (Fsp3) is 0.417. The Morgan fingerprint density at radius 3 is 2.19 bits per heavy atom. The van der Waals surface area contributed by atoms with E-state index in [9.17, 15) is 8.42 Å². The second kappa shape index (κ2) is 10.6.